The molecule has 128 valence electrons. The zero-order chi connectivity index (χ0) is 17.5. The molecule has 0 radical (unpaired) electrons. The van der Waals surface area contributed by atoms with Gasteiger partial charge < -0.3 is 9.64 Å². The van der Waals surface area contributed by atoms with Crippen molar-refractivity contribution in [2.24, 2.45) is 0 Å². The number of carbonyl (C=O) groups excluding carboxylic acids is 1. The van der Waals surface area contributed by atoms with Crippen LogP contribution in [0.4, 0.5) is 9.18 Å². The van der Waals surface area contributed by atoms with Crippen LogP contribution in [-0.2, 0) is 11.3 Å². The van der Waals surface area contributed by atoms with E-state index < -0.39 is 5.60 Å². The molecule has 2 heterocycles. The quantitative estimate of drug-likeness (QED) is 0.793. The van der Waals surface area contributed by atoms with E-state index >= 15 is 0 Å². The van der Waals surface area contributed by atoms with Crippen molar-refractivity contribution in [1.82, 2.24) is 14.7 Å². The first kappa shape index (κ1) is 16.5. The molecule has 0 spiro atoms. The first-order valence-corrected chi connectivity index (χ1v) is 8.05. The number of amides is 1. The van der Waals surface area contributed by atoms with Crippen molar-refractivity contribution in [3.8, 4) is 11.1 Å². The third kappa shape index (κ3) is 3.27. The molecule has 24 heavy (non-hydrogen) atoms. The predicted octanol–water partition coefficient (Wildman–Crippen LogP) is 4.00. The van der Waals surface area contributed by atoms with Crippen LogP contribution in [0.15, 0.2) is 30.5 Å². The fraction of sp³-hybridized carbons (Fsp3) is 0.444. The summed E-state index contributed by atoms with van der Waals surface area (Å²) >= 11 is 0. The van der Waals surface area contributed by atoms with E-state index in [-0.39, 0.29) is 18.0 Å². The molecular formula is C18H22FN3O2. The Hall–Kier alpha value is -2.37. The van der Waals surface area contributed by atoms with Crippen LogP contribution in [0.1, 0.15) is 39.4 Å². The summed E-state index contributed by atoms with van der Waals surface area (Å²) in [7, 11) is 0. The van der Waals surface area contributed by atoms with Crippen LogP contribution in [-0.4, -0.2) is 32.9 Å². The lowest BCUT2D eigenvalue weighted by Crippen LogP contribution is -2.43. The average Bonchev–Trinajstić information content (AvgIpc) is 2.91. The number of nitrogens with zero attached hydrogens (tertiary/aromatic N) is 3. The fourth-order valence-corrected chi connectivity index (χ4v) is 2.90. The van der Waals surface area contributed by atoms with Crippen LogP contribution >= 0.6 is 0 Å². The van der Waals surface area contributed by atoms with E-state index in [1.807, 2.05) is 32.4 Å². The summed E-state index contributed by atoms with van der Waals surface area (Å²) < 4.78 is 20.6. The summed E-state index contributed by atoms with van der Waals surface area (Å²) in [5, 5.41) is 4.45. The zero-order valence-corrected chi connectivity index (χ0v) is 14.4. The predicted molar refractivity (Wildman–Crippen MR) is 89.0 cm³/mol. The highest BCUT2D eigenvalue weighted by Gasteiger charge is 2.31. The summed E-state index contributed by atoms with van der Waals surface area (Å²) in [5.74, 6) is -0.275. The maximum absolute atomic E-state index is 13.2. The van der Waals surface area contributed by atoms with Gasteiger partial charge in [-0.25, -0.2) is 9.18 Å². The first-order valence-electron chi connectivity index (χ1n) is 8.05. The van der Waals surface area contributed by atoms with Gasteiger partial charge in [0.1, 0.15) is 11.4 Å². The highest BCUT2D eigenvalue weighted by Crippen LogP contribution is 2.31. The Kier molecular flexibility index (Phi) is 4.07. The van der Waals surface area contributed by atoms with Crippen molar-refractivity contribution in [2.75, 3.05) is 6.54 Å². The van der Waals surface area contributed by atoms with Crippen molar-refractivity contribution in [2.45, 2.75) is 45.9 Å². The molecule has 6 heteroatoms. The number of benzene rings is 1. The highest BCUT2D eigenvalue weighted by atomic mass is 19.1. The van der Waals surface area contributed by atoms with Gasteiger partial charge in [-0.15, -0.1) is 0 Å². The number of hydrogen-bond donors (Lipinski definition) is 0. The smallest absolute Gasteiger partial charge is 0.410 e. The van der Waals surface area contributed by atoms with Gasteiger partial charge in [-0.05, 0) is 45.4 Å². The summed E-state index contributed by atoms with van der Waals surface area (Å²) in [6.45, 7) is 8.55. The molecular weight excluding hydrogens is 309 g/mol. The lowest BCUT2D eigenvalue weighted by Gasteiger charge is -2.34. The van der Waals surface area contributed by atoms with E-state index in [4.69, 9.17) is 4.74 Å². The number of rotatable bonds is 1. The van der Waals surface area contributed by atoms with Crippen LogP contribution in [0.25, 0.3) is 11.1 Å². The molecule has 1 amide bonds. The summed E-state index contributed by atoms with van der Waals surface area (Å²) in [4.78, 5) is 14.1. The highest BCUT2D eigenvalue weighted by molar-refractivity contribution is 5.70. The largest absolute Gasteiger partial charge is 0.444 e. The number of carbonyl (C=O) groups is 1. The minimum absolute atomic E-state index is 0.0514. The second kappa shape index (κ2) is 5.92. The van der Waals surface area contributed by atoms with Gasteiger partial charge in [-0.2, -0.15) is 5.10 Å². The van der Waals surface area contributed by atoms with Gasteiger partial charge in [-0.1, -0.05) is 12.1 Å². The fourth-order valence-electron chi connectivity index (χ4n) is 2.90. The molecule has 1 aromatic carbocycles. The SMILES string of the molecule is CC1CN(C(=O)OC(C)(C)C)Cc2c(-c3ccc(F)cc3)cnn21. The number of ether oxygens (including phenoxy) is 1. The maximum atomic E-state index is 13.2. The summed E-state index contributed by atoms with van der Waals surface area (Å²) in [6, 6.07) is 6.36. The summed E-state index contributed by atoms with van der Waals surface area (Å²) in [6.07, 6.45) is 1.45. The van der Waals surface area contributed by atoms with Crippen molar-refractivity contribution < 1.29 is 13.9 Å². The van der Waals surface area contributed by atoms with Gasteiger partial charge in [0, 0.05) is 12.1 Å². The molecule has 0 bridgehead atoms. The topological polar surface area (TPSA) is 47.4 Å². The second-order valence-electron chi connectivity index (χ2n) is 7.17. The maximum Gasteiger partial charge on any atom is 0.410 e. The first-order chi connectivity index (χ1) is 11.2. The molecule has 0 saturated heterocycles. The van der Waals surface area contributed by atoms with Crippen LogP contribution < -0.4 is 0 Å². The molecule has 1 aliphatic heterocycles. The Bertz CT molecular complexity index is 747. The summed E-state index contributed by atoms with van der Waals surface area (Å²) in [5.41, 5.74) is 2.20. The van der Waals surface area contributed by atoms with Crippen molar-refractivity contribution >= 4 is 6.09 Å². The van der Waals surface area contributed by atoms with Crippen LogP contribution in [0.2, 0.25) is 0 Å². The Morgan fingerprint density at radius 2 is 1.96 bits per heavy atom. The van der Waals surface area contributed by atoms with E-state index in [2.05, 4.69) is 5.10 Å². The molecule has 0 fully saturated rings. The van der Waals surface area contributed by atoms with Crippen molar-refractivity contribution in [1.29, 1.82) is 0 Å². The number of fused-ring (bicyclic) bond motifs is 1. The standard InChI is InChI=1S/C18H22FN3O2/c1-12-10-21(17(23)24-18(2,3)4)11-16-15(9-20-22(12)16)13-5-7-14(19)8-6-13/h5-9,12H,10-11H2,1-4H3. The third-order valence-electron chi connectivity index (χ3n) is 3.95. The average molecular weight is 331 g/mol. The number of halogens is 1. The van der Waals surface area contributed by atoms with E-state index in [0.717, 1.165) is 16.8 Å². The van der Waals surface area contributed by atoms with Crippen molar-refractivity contribution in [3.05, 3.63) is 42.0 Å². The van der Waals surface area contributed by atoms with Gasteiger partial charge in [0.05, 0.1) is 24.5 Å². The molecule has 0 saturated carbocycles. The second-order valence-corrected chi connectivity index (χ2v) is 7.17. The number of hydrogen-bond acceptors (Lipinski definition) is 3. The van der Waals surface area contributed by atoms with Gasteiger partial charge in [0.25, 0.3) is 0 Å². The Morgan fingerprint density at radius 3 is 2.58 bits per heavy atom. The Labute approximate surface area is 141 Å². The molecule has 1 unspecified atom stereocenters. The van der Waals surface area contributed by atoms with Crippen molar-refractivity contribution in [3.63, 3.8) is 0 Å². The molecule has 0 aliphatic carbocycles. The minimum atomic E-state index is -0.530. The molecule has 5 nitrogen and oxygen atoms in total. The monoisotopic (exact) mass is 331 g/mol. The van der Waals surface area contributed by atoms with E-state index in [1.165, 1.54) is 12.1 Å². The Balaban J connectivity index is 1.90. The minimum Gasteiger partial charge on any atom is -0.444 e. The van der Waals surface area contributed by atoms with Gasteiger partial charge in [0.15, 0.2) is 0 Å². The van der Waals surface area contributed by atoms with Crippen LogP contribution in [0, 0.1) is 5.82 Å². The molecule has 1 aromatic heterocycles. The number of aromatic nitrogens is 2. The van der Waals surface area contributed by atoms with E-state index in [1.54, 1.807) is 23.2 Å². The molecule has 1 aliphatic rings. The normalized spacial score (nSPS) is 17.5. The molecule has 0 N–H and O–H groups in total. The molecule has 2 aromatic rings. The zero-order valence-electron chi connectivity index (χ0n) is 14.4. The van der Waals surface area contributed by atoms with Gasteiger partial charge >= 0.3 is 6.09 Å². The van der Waals surface area contributed by atoms with Gasteiger partial charge in [0.2, 0.25) is 0 Å². The Morgan fingerprint density at radius 1 is 1.29 bits per heavy atom. The van der Waals surface area contributed by atoms with E-state index in [9.17, 15) is 9.18 Å². The molecule has 3 rings (SSSR count). The lowest BCUT2D eigenvalue weighted by atomic mass is 10.0. The van der Waals surface area contributed by atoms with Crippen LogP contribution in [0.3, 0.4) is 0 Å². The lowest BCUT2D eigenvalue weighted by molar-refractivity contribution is 0.0167. The van der Waals surface area contributed by atoms with E-state index in [0.29, 0.717) is 13.1 Å². The van der Waals surface area contributed by atoms with Crippen LogP contribution in [0.5, 0.6) is 0 Å². The third-order valence-corrected chi connectivity index (χ3v) is 3.95. The van der Waals surface area contributed by atoms with Gasteiger partial charge in [-0.3, -0.25) is 4.68 Å². The molecule has 1 atom stereocenters.